The SMILES string of the molecule is Cc1csc(NC(=O)c2cc(-c3cc(C)oc3C)nc3onc(C)c23)n1. The molecule has 132 valence electrons. The monoisotopic (exact) mass is 368 g/mol. The fraction of sp³-hybridized carbons (Fsp3) is 0.222. The highest BCUT2D eigenvalue weighted by molar-refractivity contribution is 7.13. The predicted octanol–water partition coefficient (Wildman–Crippen LogP) is 4.43. The van der Waals surface area contributed by atoms with Crippen LogP contribution in [-0.2, 0) is 0 Å². The number of thiazole rings is 1. The van der Waals surface area contributed by atoms with Crippen molar-refractivity contribution in [3.8, 4) is 11.3 Å². The maximum absolute atomic E-state index is 12.9. The number of carbonyl (C=O) groups is 1. The number of aryl methyl sites for hydroxylation is 4. The highest BCUT2D eigenvalue weighted by Crippen LogP contribution is 2.31. The summed E-state index contributed by atoms with van der Waals surface area (Å²) in [5.41, 5.74) is 3.64. The topological polar surface area (TPSA) is 94.1 Å². The number of pyridine rings is 1. The summed E-state index contributed by atoms with van der Waals surface area (Å²) in [5.74, 6) is 1.22. The minimum atomic E-state index is -0.280. The Hall–Kier alpha value is -3.00. The molecule has 0 radical (unpaired) electrons. The van der Waals surface area contributed by atoms with Crippen LogP contribution in [0.5, 0.6) is 0 Å². The summed E-state index contributed by atoms with van der Waals surface area (Å²) >= 11 is 1.38. The zero-order valence-electron chi connectivity index (χ0n) is 14.7. The first-order valence-electron chi connectivity index (χ1n) is 8.00. The van der Waals surface area contributed by atoms with Gasteiger partial charge in [0.25, 0.3) is 11.6 Å². The van der Waals surface area contributed by atoms with Crippen LogP contribution in [-0.4, -0.2) is 21.0 Å². The molecule has 4 aromatic heterocycles. The normalized spacial score (nSPS) is 11.2. The van der Waals surface area contributed by atoms with Crippen LogP contribution in [0.2, 0.25) is 0 Å². The predicted molar refractivity (Wildman–Crippen MR) is 98.5 cm³/mol. The van der Waals surface area contributed by atoms with Gasteiger partial charge in [0.05, 0.1) is 28.0 Å². The minimum absolute atomic E-state index is 0.280. The molecule has 0 saturated heterocycles. The third-order valence-electron chi connectivity index (χ3n) is 4.02. The molecule has 1 amide bonds. The van der Waals surface area contributed by atoms with Crippen LogP contribution in [0.4, 0.5) is 5.13 Å². The van der Waals surface area contributed by atoms with E-state index in [1.165, 1.54) is 11.3 Å². The number of hydrogen-bond acceptors (Lipinski definition) is 7. The lowest BCUT2D eigenvalue weighted by molar-refractivity contribution is 0.102. The van der Waals surface area contributed by atoms with Crippen LogP contribution in [0.1, 0.15) is 33.3 Å². The summed E-state index contributed by atoms with van der Waals surface area (Å²) in [6.45, 7) is 7.39. The van der Waals surface area contributed by atoms with Crippen molar-refractivity contribution in [3.05, 3.63) is 46.0 Å². The molecule has 0 fully saturated rings. The lowest BCUT2D eigenvalue weighted by Gasteiger charge is -2.06. The van der Waals surface area contributed by atoms with Crippen molar-refractivity contribution in [2.24, 2.45) is 0 Å². The molecule has 1 N–H and O–H groups in total. The Bertz CT molecular complexity index is 1140. The molecule has 0 aromatic carbocycles. The van der Waals surface area contributed by atoms with Crippen LogP contribution >= 0.6 is 11.3 Å². The van der Waals surface area contributed by atoms with E-state index in [1.54, 1.807) is 13.0 Å². The average Bonchev–Trinajstić information content (AvgIpc) is 3.26. The van der Waals surface area contributed by atoms with Crippen molar-refractivity contribution >= 4 is 33.5 Å². The van der Waals surface area contributed by atoms with Gasteiger partial charge in [-0.25, -0.2) is 9.97 Å². The first-order valence-corrected chi connectivity index (χ1v) is 8.88. The summed E-state index contributed by atoms with van der Waals surface area (Å²) in [6.07, 6.45) is 0. The molecule has 0 unspecified atom stereocenters. The van der Waals surface area contributed by atoms with Gasteiger partial charge in [-0.15, -0.1) is 11.3 Å². The molecule has 4 rings (SSSR count). The number of anilines is 1. The number of fused-ring (bicyclic) bond motifs is 1. The van der Waals surface area contributed by atoms with E-state index in [4.69, 9.17) is 8.94 Å². The molecule has 0 aliphatic heterocycles. The second-order valence-electron chi connectivity index (χ2n) is 6.08. The molecule has 0 spiro atoms. The van der Waals surface area contributed by atoms with Crippen molar-refractivity contribution in [1.29, 1.82) is 0 Å². The number of hydrogen-bond donors (Lipinski definition) is 1. The summed E-state index contributed by atoms with van der Waals surface area (Å²) in [4.78, 5) is 21.7. The Labute approximate surface area is 153 Å². The Morgan fingerprint density at radius 2 is 1.96 bits per heavy atom. The van der Waals surface area contributed by atoms with E-state index in [2.05, 4.69) is 20.4 Å². The first-order chi connectivity index (χ1) is 12.4. The van der Waals surface area contributed by atoms with Crippen molar-refractivity contribution in [3.63, 3.8) is 0 Å². The van der Waals surface area contributed by atoms with E-state index >= 15 is 0 Å². The van der Waals surface area contributed by atoms with E-state index in [1.807, 2.05) is 32.2 Å². The van der Waals surface area contributed by atoms with Crippen LogP contribution < -0.4 is 5.32 Å². The van der Waals surface area contributed by atoms with Gasteiger partial charge < -0.3 is 8.94 Å². The number of carbonyl (C=O) groups excluding carboxylic acids is 1. The molecule has 26 heavy (non-hydrogen) atoms. The van der Waals surface area contributed by atoms with Gasteiger partial charge in [0.2, 0.25) is 0 Å². The third-order valence-corrected chi connectivity index (χ3v) is 4.89. The summed E-state index contributed by atoms with van der Waals surface area (Å²) < 4.78 is 10.9. The van der Waals surface area contributed by atoms with Crippen molar-refractivity contribution in [1.82, 2.24) is 15.1 Å². The van der Waals surface area contributed by atoms with Gasteiger partial charge in [-0.05, 0) is 39.8 Å². The number of nitrogens with zero attached hydrogens (tertiary/aromatic N) is 3. The fourth-order valence-electron chi connectivity index (χ4n) is 2.87. The Morgan fingerprint density at radius 3 is 2.62 bits per heavy atom. The first kappa shape index (κ1) is 16.5. The van der Waals surface area contributed by atoms with Gasteiger partial charge in [0.1, 0.15) is 11.5 Å². The van der Waals surface area contributed by atoms with E-state index in [9.17, 15) is 4.79 Å². The van der Waals surface area contributed by atoms with E-state index in [-0.39, 0.29) is 5.91 Å². The van der Waals surface area contributed by atoms with Gasteiger partial charge in [0, 0.05) is 10.9 Å². The summed E-state index contributed by atoms with van der Waals surface area (Å²) in [5, 5.41) is 9.81. The molecule has 0 aliphatic carbocycles. The maximum Gasteiger partial charge on any atom is 0.259 e. The van der Waals surface area contributed by atoms with Crippen LogP contribution in [0.3, 0.4) is 0 Å². The van der Waals surface area contributed by atoms with Crippen molar-refractivity contribution in [2.45, 2.75) is 27.7 Å². The zero-order chi connectivity index (χ0) is 18.4. The van der Waals surface area contributed by atoms with Crippen LogP contribution in [0.25, 0.3) is 22.4 Å². The number of rotatable bonds is 3. The maximum atomic E-state index is 12.9. The molecule has 4 heterocycles. The highest BCUT2D eigenvalue weighted by atomic mass is 32.1. The molecule has 4 aromatic rings. The summed E-state index contributed by atoms with van der Waals surface area (Å²) in [6, 6.07) is 3.62. The second-order valence-corrected chi connectivity index (χ2v) is 6.94. The fourth-order valence-corrected chi connectivity index (χ4v) is 3.56. The number of furan rings is 1. The van der Waals surface area contributed by atoms with Crippen molar-refractivity contribution < 1.29 is 13.7 Å². The lowest BCUT2D eigenvalue weighted by Crippen LogP contribution is -2.13. The molecular formula is C18H16N4O3S. The molecule has 0 atom stereocenters. The van der Waals surface area contributed by atoms with Gasteiger partial charge >= 0.3 is 0 Å². The highest BCUT2D eigenvalue weighted by Gasteiger charge is 2.21. The Morgan fingerprint density at radius 1 is 1.15 bits per heavy atom. The van der Waals surface area contributed by atoms with Gasteiger partial charge in [-0.3, -0.25) is 10.1 Å². The number of aromatic nitrogens is 3. The van der Waals surface area contributed by atoms with E-state index in [0.29, 0.717) is 33.2 Å². The molecule has 0 saturated carbocycles. The largest absolute Gasteiger partial charge is 0.466 e. The van der Waals surface area contributed by atoms with Crippen molar-refractivity contribution in [2.75, 3.05) is 5.32 Å². The lowest BCUT2D eigenvalue weighted by atomic mass is 10.1. The molecule has 8 heteroatoms. The zero-order valence-corrected chi connectivity index (χ0v) is 15.5. The van der Waals surface area contributed by atoms with Gasteiger partial charge in [-0.1, -0.05) is 5.16 Å². The molecule has 0 bridgehead atoms. The second kappa shape index (κ2) is 6.06. The van der Waals surface area contributed by atoms with Crippen LogP contribution in [0.15, 0.2) is 26.5 Å². The Balaban J connectivity index is 1.85. The third kappa shape index (κ3) is 2.78. The molecule has 0 aliphatic rings. The smallest absolute Gasteiger partial charge is 0.259 e. The van der Waals surface area contributed by atoms with Gasteiger partial charge in [0.15, 0.2) is 5.13 Å². The van der Waals surface area contributed by atoms with Crippen LogP contribution in [0, 0.1) is 27.7 Å². The average molecular weight is 368 g/mol. The molecule has 7 nitrogen and oxygen atoms in total. The van der Waals surface area contributed by atoms with Gasteiger partial charge in [-0.2, -0.15) is 0 Å². The minimum Gasteiger partial charge on any atom is -0.466 e. The van der Waals surface area contributed by atoms with E-state index in [0.717, 1.165) is 22.8 Å². The van der Waals surface area contributed by atoms with E-state index < -0.39 is 0 Å². The standard InChI is InChI=1S/C18H16N4O3S/c1-8-7-26-18(19-8)21-16(23)13-6-14(12-5-9(2)24-11(12)4)20-17-15(13)10(3)22-25-17/h5-7H,1-4H3,(H,19,21,23). The number of amides is 1. The quantitative estimate of drug-likeness (QED) is 0.575. The summed E-state index contributed by atoms with van der Waals surface area (Å²) in [7, 11) is 0. The Kier molecular flexibility index (Phi) is 3.84. The number of nitrogens with one attached hydrogen (secondary N) is 1. The molecular weight excluding hydrogens is 352 g/mol.